The topological polar surface area (TPSA) is 74.3 Å². The second-order valence-corrected chi connectivity index (χ2v) is 6.73. The van der Waals surface area contributed by atoms with Gasteiger partial charge < -0.3 is 4.90 Å². The van der Waals surface area contributed by atoms with Gasteiger partial charge in [-0.3, -0.25) is 25.4 Å². The fourth-order valence-electron chi connectivity index (χ4n) is 3.14. The molecule has 2 heterocycles. The molecule has 1 aromatic heterocycles. The molecule has 0 bridgehead atoms. The van der Waals surface area contributed by atoms with E-state index < -0.39 is 0 Å². The number of halogens is 1. The molecule has 1 fully saturated rings. The lowest BCUT2D eigenvalue weighted by Crippen LogP contribution is -2.29. The van der Waals surface area contributed by atoms with E-state index >= 15 is 0 Å². The third-order valence-electron chi connectivity index (χ3n) is 4.53. The molecule has 0 radical (unpaired) electrons. The van der Waals surface area contributed by atoms with Crippen LogP contribution in [0.2, 0.25) is 5.02 Å². The Kier molecular flexibility index (Phi) is 4.64. The Balaban J connectivity index is 1.46. The van der Waals surface area contributed by atoms with Crippen molar-refractivity contribution < 1.29 is 9.59 Å². The Morgan fingerprint density at radius 2 is 1.93 bits per heavy atom. The highest BCUT2D eigenvalue weighted by Crippen LogP contribution is 2.24. The highest BCUT2D eigenvalue weighted by Gasteiger charge is 2.21. The van der Waals surface area contributed by atoms with Crippen LogP contribution in [0.15, 0.2) is 54.7 Å². The number of benzene rings is 2. The lowest BCUT2D eigenvalue weighted by Gasteiger charge is -2.16. The maximum atomic E-state index is 12.4. The van der Waals surface area contributed by atoms with Crippen molar-refractivity contribution in [3.05, 3.63) is 65.3 Å². The van der Waals surface area contributed by atoms with Gasteiger partial charge in [0, 0.05) is 40.8 Å². The van der Waals surface area contributed by atoms with E-state index in [1.807, 2.05) is 6.07 Å². The molecule has 0 spiro atoms. The molecule has 1 aliphatic rings. The minimum absolute atomic E-state index is 0.124. The zero-order valence-electron chi connectivity index (χ0n) is 14.4. The average molecular weight is 381 g/mol. The van der Waals surface area contributed by atoms with Crippen molar-refractivity contribution >= 4 is 45.7 Å². The largest absolute Gasteiger partial charge is 0.312 e. The molecule has 1 aliphatic heterocycles. The Labute approximate surface area is 161 Å². The standard InChI is InChI=1S/C20H17ClN4O2/c21-14-5-8-16-17(9-10-22-18(16)12-14)23-24-20(27)13-3-6-15(7-4-13)25-11-1-2-19(25)26/h3-10,12H,1-2,11H2,(H,22,23)(H,24,27). The predicted molar refractivity (Wildman–Crippen MR) is 106 cm³/mol. The molecule has 3 aromatic rings. The number of anilines is 2. The quantitative estimate of drug-likeness (QED) is 0.675. The average Bonchev–Trinajstić information content (AvgIpc) is 3.11. The van der Waals surface area contributed by atoms with E-state index in [2.05, 4.69) is 15.8 Å². The number of nitrogens with one attached hydrogen (secondary N) is 2. The van der Waals surface area contributed by atoms with E-state index in [-0.39, 0.29) is 11.8 Å². The summed E-state index contributed by atoms with van der Waals surface area (Å²) in [5, 5.41) is 1.46. The molecule has 136 valence electrons. The highest BCUT2D eigenvalue weighted by atomic mass is 35.5. The van der Waals surface area contributed by atoms with Gasteiger partial charge in [0.2, 0.25) is 5.91 Å². The van der Waals surface area contributed by atoms with Crippen LogP contribution in [-0.4, -0.2) is 23.3 Å². The van der Waals surface area contributed by atoms with E-state index in [0.29, 0.717) is 17.0 Å². The van der Waals surface area contributed by atoms with Crippen LogP contribution in [0.3, 0.4) is 0 Å². The van der Waals surface area contributed by atoms with Crippen molar-refractivity contribution in [2.75, 3.05) is 16.9 Å². The smallest absolute Gasteiger partial charge is 0.269 e. The number of carbonyl (C=O) groups is 2. The number of fused-ring (bicyclic) bond motifs is 1. The molecular formula is C20H17ClN4O2. The summed E-state index contributed by atoms with van der Waals surface area (Å²) in [5.41, 5.74) is 8.41. The Morgan fingerprint density at radius 3 is 2.67 bits per heavy atom. The normalized spacial score (nSPS) is 13.8. The van der Waals surface area contributed by atoms with Crippen LogP contribution >= 0.6 is 11.6 Å². The van der Waals surface area contributed by atoms with Crippen molar-refractivity contribution in [1.82, 2.24) is 10.4 Å². The SMILES string of the molecule is O=C(NNc1ccnc2cc(Cl)ccc12)c1ccc(N2CCCC2=O)cc1. The monoisotopic (exact) mass is 380 g/mol. The minimum Gasteiger partial charge on any atom is -0.312 e. The van der Waals surface area contributed by atoms with Crippen molar-refractivity contribution in [2.24, 2.45) is 0 Å². The molecule has 6 nitrogen and oxygen atoms in total. The van der Waals surface area contributed by atoms with Crippen LogP contribution in [0.25, 0.3) is 10.9 Å². The first-order valence-electron chi connectivity index (χ1n) is 8.63. The van der Waals surface area contributed by atoms with E-state index in [0.717, 1.165) is 35.2 Å². The Hall–Kier alpha value is -3.12. The van der Waals surface area contributed by atoms with Crippen LogP contribution in [0.4, 0.5) is 11.4 Å². The maximum absolute atomic E-state index is 12.4. The third kappa shape index (κ3) is 3.57. The first-order chi connectivity index (χ1) is 13.1. The van der Waals surface area contributed by atoms with Gasteiger partial charge >= 0.3 is 0 Å². The molecule has 0 unspecified atom stereocenters. The van der Waals surface area contributed by atoms with Gasteiger partial charge in [-0.05, 0) is 55.0 Å². The van der Waals surface area contributed by atoms with Gasteiger partial charge in [-0.15, -0.1) is 0 Å². The molecule has 0 saturated carbocycles. The number of carbonyl (C=O) groups excluding carboxylic acids is 2. The van der Waals surface area contributed by atoms with Gasteiger partial charge in [0.15, 0.2) is 0 Å². The third-order valence-corrected chi connectivity index (χ3v) is 4.77. The van der Waals surface area contributed by atoms with Crippen molar-refractivity contribution in [1.29, 1.82) is 0 Å². The number of hydrazine groups is 1. The second-order valence-electron chi connectivity index (χ2n) is 6.29. The highest BCUT2D eigenvalue weighted by molar-refractivity contribution is 6.31. The number of nitrogens with zero attached hydrogens (tertiary/aromatic N) is 2. The van der Waals surface area contributed by atoms with Crippen molar-refractivity contribution in [3.63, 3.8) is 0 Å². The molecule has 0 atom stereocenters. The van der Waals surface area contributed by atoms with Gasteiger partial charge in [0.1, 0.15) is 0 Å². The molecule has 2 N–H and O–H groups in total. The minimum atomic E-state index is -0.270. The molecule has 0 aliphatic carbocycles. The molecule has 2 amide bonds. The number of amides is 2. The summed E-state index contributed by atoms with van der Waals surface area (Å²) in [5.74, 6) is -0.147. The molecule has 7 heteroatoms. The number of aromatic nitrogens is 1. The predicted octanol–water partition coefficient (Wildman–Crippen LogP) is 3.77. The summed E-state index contributed by atoms with van der Waals surface area (Å²) in [7, 11) is 0. The maximum Gasteiger partial charge on any atom is 0.269 e. The van der Waals surface area contributed by atoms with Crippen LogP contribution in [0, 0.1) is 0 Å². The number of rotatable bonds is 4. The summed E-state index contributed by atoms with van der Waals surface area (Å²) >= 11 is 5.99. The summed E-state index contributed by atoms with van der Waals surface area (Å²) in [4.78, 5) is 30.2. The Bertz CT molecular complexity index is 1020. The van der Waals surface area contributed by atoms with Crippen molar-refractivity contribution in [3.8, 4) is 0 Å². The summed E-state index contributed by atoms with van der Waals surface area (Å²) in [6, 6.07) is 14.2. The van der Waals surface area contributed by atoms with E-state index in [9.17, 15) is 9.59 Å². The van der Waals surface area contributed by atoms with E-state index in [4.69, 9.17) is 11.6 Å². The van der Waals surface area contributed by atoms with E-state index in [1.54, 1.807) is 53.6 Å². The lowest BCUT2D eigenvalue weighted by atomic mass is 10.2. The van der Waals surface area contributed by atoms with Gasteiger partial charge in [0.25, 0.3) is 5.91 Å². The lowest BCUT2D eigenvalue weighted by molar-refractivity contribution is -0.117. The first-order valence-corrected chi connectivity index (χ1v) is 9.01. The fourth-order valence-corrected chi connectivity index (χ4v) is 3.31. The summed E-state index contributed by atoms with van der Waals surface area (Å²) in [6.45, 7) is 0.727. The molecule has 1 saturated heterocycles. The Morgan fingerprint density at radius 1 is 1.11 bits per heavy atom. The summed E-state index contributed by atoms with van der Waals surface area (Å²) < 4.78 is 0. The summed E-state index contributed by atoms with van der Waals surface area (Å²) in [6.07, 6.45) is 3.10. The van der Waals surface area contributed by atoms with Gasteiger partial charge in [0.05, 0.1) is 11.2 Å². The van der Waals surface area contributed by atoms with Gasteiger partial charge in [-0.2, -0.15) is 0 Å². The van der Waals surface area contributed by atoms with Crippen LogP contribution in [0.1, 0.15) is 23.2 Å². The molecule has 27 heavy (non-hydrogen) atoms. The molecular weight excluding hydrogens is 364 g/mol. The number of hydrogen-bond acceptors (Lipinski definition) is 4. The van der Waals surface area contributed by atoms with Crippen LogP contribution in [-0.2, 0) is 4.79 Å². The zero-order valence-corrected chi connectivity index (χ0v) is 15.2. The molecule has 4 rings (SSSR count). The van der Waals surface area contributed by atoms with E-state index in [1.165, 1.54) is 0 Å². The van der Waals surface area contributed by atoms with Crippen LogP contribution in [0.5, 0.6) is 0 Å². The van der Waals surface area contributed by atoms with Gasteiger partial charge in [-0.1, -0.05) is 11.6 Å². The molecule has 2 aromatic carbocycles. The first kappa shape index (κ1) is 17.3. The van der Waals surface area contributed by atoms with Crippen molar-refractivity contribution in [2.45, 2.75) is 12.8 Å². The second kappa shape index (κ2) is 7.25. The van der Waals surface area contributed by atoms with Gasteiger partial charge in [-0.25, -0.2) is 0 Å². The number of hydrogen-bond donors (Lipinski definition) is 2. The number of pyridine rings is 1. The fraction of sp³-hybridized carbons (Fsp3) is 0.150. The zero-order chi connectivity index (χ0) is 18.8. The van der Waals surface area contributed by atoms with Crippen LogP contribution < -0.4 is 15.8 Å².